The highest BCUT2D eigenvalue weighted by molar-refractivity contribution is 7.92. The van der Waals surface area contributed by atoms with Crippen LogP contribution in [0.15, 0.2) is 41.2 Å². The molecule has 1 atom stereocenters. The van der Waals surface area contributed by atoms with Crippen LogP contribution in [0.3, 0.4) is 0 Å². The van der Waals surface area contributed by atoms with Crippen LogP contribution < -0.4 is 4.72 Å². The van der Waals surface area contributed by atoms with Crippen molar-refractivity contribution >= 4 is 38.0 Å². The number of nitrogens with one attached hydrogen (secondary N) is 2. The van der Waals surface area contributed by atoms with Crippen LogP contribution in [0.25, 0.3) is 10.9 Å². The Hall–Kier alpha value is -1.79. The summed E-state index contributed by atoms with van der Waals surface area (Å²) in [7, 11) is -3.32. The lowest BCUT2D eigenvalue weighted by Gasteiger charge is -2.29. The van der Waals surface area contributed by atoms with E-state index in [9.17, 15) is 8.42 Å². The van der Waals surface area contributed by atoms with Crippen LogP contribution in [-0.2, 0) is 15.4 Å². The second-order valence-electron chi connectivity index (χ2n) is 6.40. The van der Waals surface area contributed by atoms with Gasteiger partial charge in [-0.1, -0.05) is 32.4 Å². The Morgan fingerprint density at radius 3 is 2.71 bits per heavy atom. The Kier molecular flexibility index (Phi) is 4.44. The van der Waals surface area contributed by atoms with Gasteiger partial charge in [-0.25, -0.2) is 8.42 Å². The first-order chi connectivity index (χ1) is 11.3. The third-order valence-corrected chi connectivity index (χ3v) is 5.79. The van der Waals surface area contributed by atoms with Crippen molar-refractivity contribution in [1.29, 1.82) is 0 Å². The van der Waals surface area contributed by atoms with Gasteiger partial charge < -0.3 is 4.98 Å². The number of aromatic amines is 1. The molecule has 0 aliphatic heterocycles. The maximum Gasteiger partial charge on any atom is 0.229 e. The zero-order chi connectivity index (χ0) is 17.4. The predicted molar refractivity (Wildman–Crippen MR) is 102 cm³/mol. The number of hydrogen-bond donors (Lipinski definition) is 2. The number of thiophene rings is 1. The van der Waals surface area contributed by atoms with Crippen LogP contribution in [0.2, 0.25) is 0 Å². The molecule has 6 heteroatoms. The number of benzene rings is 1. The standard InChI is InChI=1S/C18H22N2O2S2/c1-4-9-18(2,13-8-10-23-12-13)15-11-19-17-14(15)6-5-7-16(17)20-24(3,21)22/h5-8,10-12,19-20H,4,9H2,1-3H3. The minimum atomic E-state index is -3.32. The molecular formula is C18H22N2O2S2. The molecule has 1 aromatic carbocycles. The van der Waals surface area contributed by atoms with Crippen LogP contribution in [0, 0.1) is 0 Å². The second kappa shape index (κ2) is 6.26. The first kappa shape index (κ1) is 17.0. The van der Waals surface area contributed by atoms with Gasteiger partial charge in [0.05, 0.1) is 17.5 Å². The fourth-order valence-electron chi connectivity index (χ4n) is 3.41. The fraction of sp³-hybridized carbons (Fsp3) is 0.333. The van der Waals surface area contributed by atoms with Gasteiger partial charge in [0.25, 0.3) is 0 Å². The van der Waals surface area contributed by atoms with E-state index in [-0.39, 0.29) is 5.41 Å². The highest BCUT2D eigenvalue weighted by Gasteiger charge is 2.31. The highest BCUT2D eigenvalue weighted by Crippen LogP contribution is 2.42. The summed E-state index contributed by atoms with van der Waals surface area (Å²) < 4.78 is 25.8. The van der Waals surface area contributed by atoms with Crippen molar-refractivity contribution in [3.05, 3.63) is 52.3 Å². The lowest BCUT2D eigenvalue weighted by atomic mass is 9.74. The summed E-state index contributed by atoms with van der Waals surface area (Å²) in [4.78, 5) is 3.28. The third-order valence-electron chi connectivity index (χ3n) is 4.51. The molecule has 24 heavy (non-hydrogen) atoms. The molecule has 2 aromatic heterocycles. The van der Waals surface area contributed by atoms with Gasteiger partial charge in [0.15, 0.2) is 0 Å². The molecule has 1 unspecified atom stereocenters. The molecule has 2 heterocycles. The molecule has 0 saturated heterocycles. The molecule has 0 fully saturated rings. The van der Waals surface area contributed by atoms with Crippen LogP contribution in [0.5, 0.6) is 0 Å². The van der Waals surface area contributed by atoms with E-state index in [1.807, 2.05) is 12.3 Å². The molecule has 0 aliphatic carbocycles. The monoisotopic (exact) mass is 362 g/mol. The summed E-state index contributed by atoms with van der Waals surface area (Å²) in [5, 5.41) is 5.37. The predicted octanol–water partition coefficient (Wildman–Crippen LogP) is 4.71. The fourth-order valence-corrected chi connectivity index (χ4v) is 4.77. The largest absolute Gasteiger partial charge is 0.359 e. The number of H-pyrrole nitrogens is 1. The molecule has 128 valence electrons. The summed E-state index contributed by atoms with van der Waals surface area (Å²) >= 11 is 1.70. The number of rotatable bonds is 6. The SMILES string of the molecule is CCCC(C)(c1ccsc1)c1c[nH]c2c(NS(C)(=O)=O)cccc12. The van der Waals surface area contributed by atoms with Gasteiger partial charge >= 0.3 is 0 Å². The number of fused-ring (bicyclic) bond motifs is 1. The Bertz CT molecular complexity index is 943. The van der Waals surface area contributed by atoms with Gasteiger partial charge in [-0.2, -0.15) is 11.3 Å². The summed E-state index contributed by atoms with van der Waals surface area (Å²) in [5.74, 6) is 0. The lowest BCUT2D eigenvalue weighted by molar-refractivity contribution is 0.517. The van der Waals surface area contributed by atoms with Gasteiger partial charge in [-0.3, -0.25) is 4.72 Å². The molecule has 4 nitrogen and oxygen atoms in total. The van der Waals surface area contributed by atoms with Crippen molar-refractivity contribution in [2.24, 2.45) is 0 Å². The van der Waals surface area contributed by atoms with Crippen molar-refractivity contribution in [1.82, 2.24) is 4.98 Å². The molecule has 0 amide bonds. The van der Waals surface area contributed by atoms with Crippen molar-refractivity contribution in [2.45, 2.75) is 32.1 Å². The second-order valence-corrected chi connectivity index (χ2v) is 8.93. The number of hydrogen-bond acceptors (Lipinski definition) is 3. The van der Waals surface area contributed by atoms with E-state index in [1.54, 1.807) is 17.4 Å². The molecule has 0 radical (unpaired) electrons. The normalized spacial score (nSPS) is 14.6. The van der Waals surface area contributed by atoms with Crippen LogP contribution in [0.1, 0.15) is 37.8 Å². The van der Waals surface area contributed by atoms with Gasteiger partial charge in [0.1, 0.15) is 0 Å². The minimum absolute atomic E-state index is 0.100. The molecular weight excluding hydrogens is 340 g/mol. The quantitative estimate of drug-likeness (QED) is 0.667. The van der Waals surface area contributed by atoms with E-state index in [0.717, 1.165) is 23.7 Å². The Morgan fingerprint density at radius 1 is 1.29 bits per heavy atom. The average molecular weight is 363 g/mol. The van der Waals surface area contributed by atoms with E-state index in [4.69, 9.17) is 0 Å². The first-order valence-corrected chi connectivity index (χ1v) is 10.8. The first-order valence-electron chi connectivity index (χ1n) is 7.96. The smallest absolute Gasteiger partial charge is 0.229 e. The van der Waals surface area contributed by atoms with Gasteiger partial charge in [-0.05, 0) is 40.4 Å². The van der Waals surface area contributed by atoms with E-state index in [2.05, 4.69) is 46.4 Å². The summed E-state index contributed by atoms with van der Waals surface area (Å²) in [6, 6.07) is 7.91. The van der Waals surface area contributed by atoms with Crippen molar-refractivity contribution in [3.63, 3.8) is 0 Å². The molecule has 0 saturated carbocycles. The molecule has 0 spiro atoms. The maximum absolute atomic E-state index is 11.6. The summed E-state index contributed by atoms with van der Waals surface area (Å²) in [6.45, 7) is 4.45. The van der Waals surface area contributed by atoms with Crippen molar-refractivity contribution in [3.8, 4) is 0 Å². The zero-order valence-corrected chi connectivity index (χ0v) is 15.7. The molecule has 3 aromatic rings. The van der Waals surface area contributed by atoms with Gasteiger partial charge in [0.2, 0.25) is 10.0 Å². The van der Waals surface area contributed by atoms with Gasteiger partial charge in [-0.15, -0.1) is 0 Å². The van der Waals surface area contributed by atoms with E-state index in [1.165, 1.54) is 17.4 Å². The number of sulfonamides is 1. The topological polar surface area (TPSA) is 62.0 Å². The Morgan fingerprint density at radius 2 is 2.08 bits per heavy atom. The molecule has 0 bridgehead atoms. The number of anilines is 1. The van der Waals surface area contributed by atoms with Gasteiger partial charge in [0, 0.05) is 17.0 Å². The number of para-hydroxylation sites is 1. The van der Waals surface area contributed by atoms with Crippen LogP contribution in [0.4, 0.5) is 5.69 Å². The lowest BCUT2D eigenvalue weighted by Crippen LogP contribution is -2.22. The van der Waals surface area contributed by atoms with Crippen molar-refractivity contribution in [2.75, 3.05) is 11.0 Å². The average Bonchev–Trinajstić information content (AvgIpc) is 3.16. The van der Waals surface area contributed by atoms with Crippen molar-refractivity contribution < 1.29 is 8.42 Å². The minimum Gasteiger partial charge on any atom is -0.359 e. The van der Waals surface area contributed by atoms with Crippen LogP contribution >= 0.6 is 11.3 Å². The van der Waals surface area contributed by atoms with E-state index < -0.39 is 10.0 Å². The molecule has 2 N–H and O–H groups in total. The Balaban J connectivity index is 2.18. The number of aromatic nitrogens is 1. The summed E-state index contributed by atoms with van der Waals surface area (Å²) in [6.07, 6.45) is 5.29. The maximum atomic E-state index is 11.6. The zero-order valence-electron chi connectivity index (χ0n) is 14.1. The Labute approximate surface area is 147 Å². The van der Waals surface area contributed by atoms with E-state index >= 15 is 0 Å². The molecule has 3 rings (SSSR count). The van der Waals surface area contributed by atoms with Crippen LogP contribution in [-0.4, -0.2) is 19.7 Å². The highest BCUT2D eigenvalue weighted by atomic mass is 32.2. The summed E-state index contributed by atoms with van der Waals surface area (Å²) in [5.41, 5.74) is 3.82. The third kappa shape index (κ3) is 3.08. The molecule has 0 aliphatic rings. The van der Waals surface area contributed by atoms with E-state index in [0.29, 0.717) is 5.69 Å².